The van der Waals surface area contributed by atoms with Gasteiger partial charge in [-0.05, 0) is 52.7 Å². The largest absolute Gasteiger partial charge is 0.507 e. The van der Waals surface area contributed by atoms with Gasteiger partial charge in [0.2, 0.25) is 0 Å². The second-order valence-corrected chi connectivity index (χ2v) is 6.96. The number of nitrogens with one attached hydrogen (secondary N) is 1. The summed E-state index contributed by atoms with van der Waals surface area (Å²) in [5, 5.41) is 13.4. The lowest BCUT2D eigenvalue weighted by atomic mass is 10.1. The van der Waals surface area contributed by atoms with E-state index in [1.165, 1.54) is 0 Å². The zero-order valence-corrected chi connectivity index (χ0v) is 14.1. The van der Waals surface area contributed by atoms with Crippen LogP contribution in [0.25, 0.3) is 0 Å². The molecule has 1 aromatic rings. The molecule has 1 atom stereocenters. The van der Waals surface area contributed by atoms with Crippen molar-refractivity contribution in [1.82, 2.24) is 4.90 Å². The lowest BCUT2D eigenvalue weighted by Crippen LogP contribution is -2.36. The monoisotopic (exact) mass is 306 g/mol. The van der Waals surface area contributed by atoms with Crippen LogP contribution in [0.2, 0.25) is 0 Å². The molecule has 1 aliphatic heterocycles. The molecule has 2 rings (SSSR count). The van der Waals surface area contributed by atoms with Gasteiger partial charge < -0.3 is 20.1 Å². The Labute approximate surface area is 132 Å². The van der Waals surface area contributed by atoms with E-state index in [0.29, 0.717) is 18.8 Å². The van der Waals surface area contributed by atoms with Crippen LogP contribution < -0.4 is 5.32 Å². The molecule has 0 spiro atoms. The van der Waals surface area contributed by atoms with Gasteiger partial charge in [-0.3, -0.25) is 0 Å². The van der Waals surface area contributed by atoms with E-state index in [1.807, 2.05) is 46.8 Å². The standard InChI is InChI=1S/C17H26N2O3/c1-11-6-7-14(12(2)15(11)20)18-13-8-9-19(10-13)16(21)22-17(3,4)5/h6-7,13,18,20H,8-10H2,1-5H3. The van der Waals surface area contributed by atoms with Crippen LogP contribution in [-0.2, 0) is 4.74 Å². The quantitative estimate of drug-likeness (QED) is 0.878. The van der Waals surface area contributed by atoms with E-state index in [1.54, 1.807) is 4.90 Å². The van der Waals surface area contributed by atoms with Crippen LogP contribution in [-0.4, -0.2) is 40.8 Å². The average Bonchev–Trinajstić information content (AvgIpc) is 2.86. The van der Waals surface area contributed by atoms with Crippen molar-refractivity contribution in [2.75, 3.05) is 18.4 Å². The van der Waals surface area contributed by atoms with Gasteiger partial charge in [0.1, 0.15) is 11.4 Å². The number of nitrogens with zero attached hydrogens (tertiary/aromatic N) is 1. The Morgan fingerprint density at radius 1 is 1.36 bits per heavy atom. The fourth-order valence-electron chi connectivity index (χ4n) is 2.58. The van der Waals surface area contributed by atoms with E-state index < -0.39 is 5.60 Å². The Kier molecular flexibility index (Phi) is 4.54. The van der Waals surface area contributed by atoms with Crippen LogP contribution in [0.5, 0.6) is 5.75 Å². The van der Waals surface area contributed by atoms with Crippen LogP contribution in [0.3, 0.4) is 0 Å². The summed E-state index contributed by atoms with van der Waals surface area (Å²) in [5.74, 6) is 0.326. The molecule has 1 amide bonds. The normalized spacial score (nSPS) is 18.4. The first-order valence-corrected chi connectivity index (χ1v) is 7.71. The van der Waals surface area contributed by atoms with Crippen molar-refractivity contribution < 1.29 is 14.6 Å². The minimum atomic E-state index is -0.470. The summed E-state index contributed by atoms with van der Waals surface area (Å²) in [6, 6.07) is 4.04. The number of carbonyl (C=O) groups is 1. The van der Waals surface area contributed by atoms with Crippen LogP contribution in [0.4, 0.5) is 10.5 Å². The van der Waals surface area contributed by atoms with Crippen molar-refractivity contribution in [3.63, 3.8) is 0 Å². The maximum absolute atomic E-state index is 12.1. The van der Waals surface area contributed by atoms with Crippen molar-refractivity contribution in [3.05, 3.63) is 23.3 Å². The third kappa shape index (κ3) is 3.84. The van der Waals surface area contributed by atoms with Crippen molar-refractivity contribution in [1.29, 1.82) is 0 Å². The number of likely N-dealkylation sites (tertiary alicyclic amines) is 1. The lowest BCUT2D eigenvalue weighted by molar-refractivity contribution is 0.0293. The predicted octanol–water partition coefficient (Wildman–Crippen LogP) is 3.43. The van der Waals surface area contributed by atoms with Crippen LogP contribution in [0.15, 0.2) is 12.1 Å². The molecule has 122 valence electrons. The molecule has 1 heterocycles. The van der Waals surface area contributed by atoms with Crippen LogP contribution in [0, 0.1) is 13.8 Å². The van der Waals surface area contributed by atoms with E-state index in [4.69, 9.17) is 4.74 Å². The summed E-state index contributed by atoms with van der Waals surface area (Å²) in [6.07, 6.45) is 0.605. The Morgan fingerprint density at radius 2 is 2.05 bits per heavy atom. The Balaban J connectivity index is 1.97. The number of aromatic hydroxyl groups is 1. The topological polar surface area (TPSA) is 61.8 Å². The first-order chi connectivity index (χ1) is 10.2. The van der Waals surface area contributed by atoms with Crippen molar-refractivity contribution in [2.45, 2.75) is 52.7 Å². The number of benzene rings is 1. The molecule has 0 bridgehead atoms. The molecule has 1 saturated heterocycles. The van der Waals surface area contributed by atoms with Gasteiger partial charge in [0.15, 0.2) is 0 Å². The van der Waals surface area contributed by atoms with E-state index in [0.717, 1.165) is 23.2 Å². The zero-order valence-electron chi connectivity index (χ0n) is 14.1. The molecule has 1 fully saturated rings. The van der Waals surface area contributed by atoms with Gasteiger partial charge in [0.05, 0.1) is 0 Å². The number of rotatable bonds is 2. The molecular formula is C17H26N2O3. The molecule has 0 aliphatic carbocycles. The molecular weight excluding hydrogens is 280 g/mol. The molecule has 0 saturated carbocycles. The second kappa shape index (κ2) is 6.07. The van der Waals surface area contributed by atoms with Gasteiger partial charge in [0.25, 0.3) is 0 Å². The smallest absolute Gasteiger partial charge is 0.410 e. The van der Waals surface area contributed by atoms with Gasteiger partial charge >= 0.3 is 6.09 Å². The first kappa shape index (κ1) is 16.5. The predicted molar refractivity (Wildman–Crippen MR) is 87.4 cm³/mol. The summed E-state index contributed by atoms with van der Waals surface area (Å²) in [5.41, 5.74) is 2.15. The minimum Gasteiger partial charge on any atom is -0.507 e. The Hall–Kier alpha value is -1.91. The highest BCUT2D eigenvalue weighted by molar-refractivity contribution is 5.69. The van der Waals surface area contributed by atoms with Crippen molar-refractivity contribution >= 4 is 11.8 Å². The molecule has 1 aliphatic rings. The van der Waals surface area contributed by atoms with E-state index in [9.17, 15) is 9.90 Å². The summed E-state index contributed by atoms with van der Waals surface area (Å²) in [4.78, 5) is 13.8. The summed E-state index contributed by atoms with van der Waals surface area (Å²) >= 11 is 0. The van der Waals surface area contributed by atoms with Gasteiger partial charge in [-0.25, -0.2) is 4.79 Å². The maximum atomic E-state index is 12.1. The molecule has 5 nitrogen and oxygen atoms in total. The molecule has 2 N–H and O–H groups in total. The van der Waals surface area contributed by atoms with E-state index in [2.05, 4.69) is 5.32 Å². The van der Waals surface area contributed by atoms with Crippen LogP contribution >= 0.6 is 0 Å². The second-order valence-electron chi connectivity index (χ2n) is 6.96. The maximum Gasteiger partial charge on any atom is 0.410 e. The van der Waals surface area contributed by atoms with Gasteiger partial charge in [-0.2, -0.15) is 0 Å². The van der Waals surface area contributed by atoms with E-state index in [-0.39, 0.29) is 12.1 Å². The van der Waals surface area contributed by atoms with Gasteiger partial charge in [-0.15, -0.1) is 0 Å². The van der Waals surface area contributed by atoms with Crippen molar-refractivity contribution in [2.24, 2.45) is 0 Å². The third-order valence-corrected chi connectivity index (χ3v) is 3.83. The summed E-state index contributed by atoms with van der Waals surface area (Å²) in [6.45, 7) is 10.7. The zero-order chi connectivity index (χ0) is 16.5. The number of carbonyl (C=O) groups excluding carboxylic acids is 1. The summed E-state index contributed by atoms with van der Waals surface area (Å²) < 4.78 is 5.40. The highest BCUT2D eigenvalue weighted by Gasteiger charge is 2.30. The van der Waals surface area contributed by atoms with Crippen molar-refractivity contribution in [3.8, 4) is 5.75 Å². The lowest BCUT2D eigenvalue weighted by Gasteiger charge is -2.24. The first-order valence-electron chi connectivity index (χ1n) is 7.71. The number of anilines is 1. The third-order valence-electron chi connectivity index (χ3n) is 3.83. The SMILES string of the molecule is Cc1ccc(NC2CCN(C(=O)OC(C)(C)C)C2)c(C)c1O. The minimum absolute atomic E-state index is 0.174. The van der Waals surface area contributed by atoms with Crippen LogP contribution in [0.1, 0.15) is 38.3 Å². The van der Waals surface area contributed by atoms with Gasteiger partial charge in [0, 0.05) is 30.4 Å². The Morgan fingerprint density at radius 3 is 2.68 bits per heavy atom. The molecule has 1 aromatic carbocycles. The molecule has 0 radical (unpaired) electrons. The molecule has 1 unspecified atom stereocenters. The average molecular weight is 306 g/mol. The highest BCUT2D eigenvalue weighted by atomic mass is 16.6. The fourth-order valence-corrected chi connectivity index (χ4v) is 2.58. The molecule has 5 heteroatoms. The van der Waals surface area contributed by atoms with E-state index >= 15 is 0 Å². The number of phenols is 1. The Bertz CT molecular complexity index is 564. The number of ether oxygens (including phenoxy) is 1. The molecule has 0 aromatic heterocycles. The number of hydrogen-bond acceptors (Lipinski definition) is 4. The number of amides is 1. The fraction of sp³-hybridized carbons (Fsp3) is 0.588. The van der Waals surface area contributed by atoms with Gasteiger partial charge in [-0.1, -0.05) is 6.07 Å². The highest BCUT2D eigenvalue weighted by Crippen LogP contribution is 2.29. The summed E-state index contributed by atoms with van der Waals surface area (Å²) in [7, 11) is 0. The number of phenolic OH excluding ortho intramolecular Hbond substituents is 1. The number of aryl methyl sites for hydroxylation is 1. The number of hydrogen-bond donors (Lipinski definition) is 2. The molecule has 22 heavy (non-hydrogen) atoms.